The van der Waals surface area contributed by atoms with Crippen LogP contribution >= 0.6 is 23.8 Å². The van der Waals surface area contributed by atoms with Gasteiger partial charge in [0.05, 0.1) is 18.6 Å². The normalized spacial score (nSPS) is 10.3. The van der Waals surface area contributed by atoms with Crippen molar-refractivity contribution in [3.8, 4) is 5.75 Å². The Morgan fingerprint density at radius 3 is 2.79 bits per heavy atom. The third-order valence-corrected chi connectivity index (χ3v) is 2.70. The number of carbonyl (C=O) groups is 1. The molecule has 1 rings (SSSR count). The van der Waals surface area contributed by atoms with Crippen LogP contribution in [-0.2, 0) is 4.79 Å². The smallest absolute Gasteiger partial charge is 0.223 e. The number of hydrogen-bond donors (Lipinski definition) is 2. The lowest BCUT2D eigenvalue weighted by molar-refractivity contribution is -0.122. The summed E-state index contributed by atoms with van der Waals surface area (Å²) in [5.74, 6) is 0.436. The molecule has 0 aliphatic carbocycles. The van der Waals surface area contributed by atoms with Crippen LogP contribution in [0.5, 0.6) is 5.75 Å². The monoisotopic (exact) mass is 300 g/mol. The van der Waals surface area contributed by atoms with Crippen molar-refractivity contribution >= 4 is 34.7 Å². The zero-order chi connectivity index (χ0) is 14.4. The lowest BCUT2D eigenvalue weighted by atomic mass is 10.2. The molecular formula is C13H17ClN2O2S. The fourth-order valence-electron chi connectivity index (χ4n) is 1.47. The van der Waals surface area contributed by atoms with E-state index in [0.717, 1.165) is 0 Å². The fraction of sp³-hybridized carbons (Fsp3) is 0.385. The summed E-state index contributed by atoms with van der Waals surface area (Å²) in [6, 6.07) is 5.14. The first-order valence-electron chi connectivity index (χ1n) is 5.91. The Labute approximate surface area is 123 Å². The van der Waals surface area contributed by atoms with Gasteiger partial charge in [-0.3, -0.25) is 4.79 Å². The third-order valence-electron chi connectivity index (χ3n) is 2.25. The number of halogens is 1. The second-order valence-electron chi connectivity index (χ2n) is 4.33. The fourth-order valence-corrected chi connectivity index (χ4v) is 1.80. The number of ether oxygens (including phenoxy) is 1. The van der Waals surface area contributed by atoms with Crippen LogP contribution in [0.2, 0.25) is 5.02 Å². The number of rotatable bonds is 6. The highest BCUT2D eigenvalue weighted by Gasteiger charge is 2.09. The van der Waals surface area contributed by atoms with E-state index in [9.17, 15) is 4.79 Å². The Kier molecular flexibility index (Phi) is 6.05. The molecule has 0 aliphatic heterocycles. The third kappa shape index (κ3) is 5.44. The zero-order valence-corrected chi connectivity index (χ0v) is 12.5. The molecule has 104 valence electrons. The van der Waals surface area contributed by atoms with E-state index in [1.54, 1.807) is 18.2 Å². The van der Waals surface area contributed by atoms with Crippen LogP contribution in [0.4, 0.5) is 0 Å². The van der Waals surface area contributed by atoms with Crippen molar-refractivity contribution in [2.75, 3.05) is 6.61 Å². The standard InChI is InChI=1S/C13H17ClN2O2S/c1-8(2)16-12(17)5-6-18-11-7-9(14)3-4-10(11)13(15)19/h3-4,7-8H,5-6H2,1-2H3,(H2,15,19)(H,16,17). The number of carbonyl (C=O) groups excluding carboxylic acids is 1. The summed E-state index contributed by atoms with van der Waals surface area (Å²) in [6.07, 6.45) is 0.265. The Hall–Kier alpha value is -1.33. The maximum Gasteiger partial charge on any atom is 0.223 e. The average Bonchev–Trinajstić information content (AvgIpc) is 2.27. The first-order chi connectivity index (χ1) is 8.90. The molecule has 0 aliphatic rings. The van der Waals surface area contributed by atoms with E-state index in [-0.39, 0.29) is 30.0 Å². The summed E-state index contributed by atoms with van der Waals surface area (Å²) in [4.78, 5) is 11.7. The molecule has 0 unspecified atom stereocenters. The summed E-state index contributed by atoms with van der Waals surface area (Å²) in [5.41, 5.74) is 6.21. The van der Waals surface area contributed by atoms with Crippen molar-refractivity contribution in [2.45, 2.75) is 26.3 Å². The van der Waals surface area contributed by atoms with Crippen molar-refractivity contribution < 1.29 is 9.53 Å². The maximum atomic E-state index is 11.5. The SMILES string of the molecule is CC(C)NC(=O)CCOc1cc(Cl)ccc1C(N)=S. The topological polar surface area (TPSA) is 64.3 Å². The molecule has 0 heterocycles. The van der Waals surface area contributed by atoms with Crippen molar-refractivity contribution in [2.24, 2.45) is 5.73 Å². The molecule has 4 nitrogen and oxygen atoms in total. The summed E-state index contributed by atoms with van der Waals surface area (Å²) in [7, 11) is 0. The second kappa shape index (κ2) is 7.31. The van der Waals surface area contributed by atoms with Gasteiger partial charge in [-0.05, 0) is 32.0 Å². The molecule has 0 fully saturated rings. The van der Waals surface area contributed by atoms with E-state index in [1.807, 2.05) is 13.8 Å². The van der Waals surface area contributed by atoms with Gasteiger partial charge in [0, 0.05) is 11.1 Å². The number of benzene rings is 1. The van der Waals surface area contributed by atoms with E-state index in [2.05, 4.69) is 5.32 Å². The van der Waals surface area contributed by atoms with Crippen LogP contribution in [0.1, 0.15) is 25.8 Å². The summed E-state index contributed by atoms with van der Waals surface area (Å²) >= 11 is 10.8. The summed E-state index contributed by atoms with van der Waals surface area (Å²) in [6.45, 7) is 4.05. The van der Waals surface area contributed by atoms with Gasteiger partial charge in [0.1, 0.15) is 10.7 Å². The quantitative estimate of drug-likeness (QED) is 0.791. The van der Waals surface area contributed by atoms with Gasteiger partial charge in [0.25, 0.3) is 0 Å². The average molecular weight is 301 g/mol. The largest absolute Gasteiger partial charge is 0.492 e. The highest BCUT2D eigenvalue weighted by atomic mass is 35.5. The predicted octanol–water partition coefficient (Wildman–Crippen LogP) is 2.27. The Balaban J connectivity index is 2.60. The van der Waals surface area contributed by atoms with E-state index in [0.29, 0.717) is 16.3 Å². The van der Waals surface area contributed by atoms with E-state index in [1.165, 1.54) is 0 Å². The van der Waals surface area contributed by atoms with Crippen molar-refractivity contribution in [1.29, 1.82) is 0 Å². The molecule has 1 aromatic carbocycles. The van der Waals surface area contributed by atoms with Crippen LogP contribution in [0.15, 0.2) is 18.2 Å². The minimum absolute atomic E-state index is 0.0612. The van der Waals surface area contributed by atoms with Gasteiger partial charge in [-0.15, -0.1) is 0 Å². The van der Waals surface area contributed by atoms with Crippen LogP contribution < -0.4 is 15.8 Å². The van der Waals surface area contributed by atoms with E-state index < -0.39 is 0 Å². The highest BCUT2D eigenvalue weighted by Crippen LogP contribution is 2.23. The van der Waals surface area contributed by atoms with Gasteiger partial charge in [0.2, 0.25) is 5.91 Å². The van der Waals surface area contributed by atoms with E-state index in [4.69, 9.17) is 34.3 Å². The van der Waals surface area contributed by atoms with Crippen molar-refractivity contribution in [3.05, 3.63) is 28.8 Å². The number of amides is 1. The lowest BCUT2D eigenvalue weighted by Crippen LogP contribution is -2.31. The van der Waals surface area contributed by atoms with Crippen LogP contribution in [0.25, 0.3) is 0 Å². The molecule has 0 saturated heterocycles. The van der Waals surface area contributed by atoms with Gasteiger partial charge in [-0.25, -0.2) is 0 Å². The second-order valence-corrected chi connectivity index (χ2v) is 5.20. The van der Waals surface area contributed by atoms with Crippen LogP contribution in [-0.4, -0.2) is 23.5 Å². The Morgan fingerprint density at radius 1 is 1.53 bits per heavy atom. The van der Waals surface area contributed by atoms with E-state index >= 15 is 0 Å². The Morgan fingerprint density at radius 2 is 2.21 bits per heavy atom. The number of nitrogens with one attached hydrogen (secondary N) is 1. The molecule has 0 spiro atoms. The highest BCUT2D eigenvalue weighted by molar-refractivity contribution is 7.80. The van der Waals surface area contributed by atoms with Gasteiger partial charge in [-0.2, -0.15) is 0 Å². The van der Waals surface area contributed by atoms with Crippen molar-refractivity contribution in [3.63, 3.8) is 0 Å². The first kappa shape index (κ1) is 15.7. The molecule has 1 amide bonds. The predicted molar refractivity (Wildman–Crippen MR) is 80.7 cm³/mol. The van der Waals surface area contributed by atoms with Gasteiger partial charge >= 0.3 is 0 Å². The molecule has 1 aromatic rings. The number of hydrogen-bond acceptors (Lipinski definition) is 3. The molecule has 19 heavy (non-hydrogen) atoms. The maximum absolute atomic E-state index is 11.5. The van der Waals surface area contributed by atoms with Crippen LogP contribution in [0, 0.1) is 0 Å². The van der Waals surface area contributed by atoms with Gasteiger partial charge in [-0.1, -0.05) is 23.8 Å². The molecule has 0 aromatic heterocycles. The number of nitrogens with two attached hydrogens (primary N) is 1. The molecule has 0 radical (unpaired) electrons. The molecule has 0 bridgehead atoms. The summed E-state index contributed by atoms with van der Waals surface area (Å²) < 4.78 is 5.52. The molecule has 0 atom stereocenters. The van der Waals surface area contributed by atoms with Gasteiger partial charge in [0.15, 0.2) is 0 Å². The van der Waals surface area contributed by atoms with Crippen molar-refractivity contribution in [1.82, 2.24) is 5.32 Å². The zero-order valence-electron chi connectivity index (χ0n) is 10.9. The number of thiocarbonyl (C=S) groups is 1. The molecule has 3 N–H and O–H groups in total. The minimum atomic E-state index is -0.0612. The first-order valence-corrected chi connectivity index (χ1v) is 6.70. The lowest BCUT2D eigenvalue weighted by Gasteiger charge is -2.12. The molecule has 0 saturated carbocycles. The molecule has 6 heteroatoms. The van der Waals surface area contributed by atoms with Gasteiger partial charge < -0.3 is 15.8 Å². The molecular weight excluding hydrogens is 284 g/mol. The van der Waals surface area contributed by atoms with Crippen LogP contribution in [0.3, 0.4) is 0 Å². The summed E-state index contributed by atoms with van der Waals surface area (Å²) in [5, 5.41) is 3.31. The Bertz CT molecular complexity index is 478. The minimum Gasteiger partial charge on any atom is -0.492 e.